The maximum Gasteiger partial charge on any atom is 0.373 e. The van der Waals surface area contributed by atoms with Gasteiger partial charge in [-0.3, -0.25) is 0 Å². The molecule has 0 aliphatic heterocycles. The minimum Gasteiger partial charge on any atom is -0.475 e. The average Bonchev–Trinajstić information content (AvgIpc) is 3.11. The first-order chi connectivity index (χ1) is 9.06. The summed E-state index contributed by atoms with van der Waals surface area (Å²) in [6.07, 6.45) is 1.94. The van der Waals surface area contributed by atoms with Gasteiger partial charge in [0.25, 0.3) is 0 Å². The van der Waals surface area contributed by atoms with Gasteiger partial charge in [-0.05, 0) is 53.6 Å². The lowest BCUT2D eigenvalue weighted by atomic mass is 10.2. The van der Waals surface area contributed by atoms with Crippen LogP contribution in [0.5, 0.6) is 0 Å². The summed E-state index contributed by atoms with van der Waals surface area (Å²) in [6, 6.07) is 5.40. The number of carboxylic acids is 1. The highest BCUT2D eigenvalue weighted by atomic mass is 127. The summed E-state index contributed by atoms with van der Waals surface area (Å²) in [5.41, 5.74) is 1.25. The zero-order chi connectivity index (χ0) is 13.6. The van der Waals surface area contributed by atoms with Crippen LogP contribution in [0.1, 0.15) is 35.0 Å². The fourth-order valence-corrected chi connectivity index (χ4v) is 2.39. The standard InChI is InChI=1S/C13H9ClINO3/c14-8-5-7(3-4-9(8)15)12-16-10(6-1-2-6)11(19-12)13(17)18/h3-6H,1-2H2,(H,17,18). The molecule has 1 aromatic carbocycles. The summed E-state index contributed by atoms with van der Waals surface area (Å²) >= 11 is 8.18. The minimum atomic E-state index is -1.07. The lowest BCUT2D eigenvalue weighted by molar-refractivity contribution is 0.0661. The molecular formula is C13H9ClINO3. The third-order valence-corrected chi connectivity index (χ3v) is 4.55. The highest BCUT2D eigenvalue weighted by Gasteiger charge is 2.33. The van der Waals surface area contributed by atoms with Crippen LogP contribution in [0, 0.1) is 3.57 Å². The Morgan fingerprint density at radius 3 is 2.79 bits per heavy atom. The Balaban J connectivity index is 2.07. The van der Waals surface area contributed by atoms with Gasteiger partial charge in [0.05, 0.1) is 10.7 Å². The third-order valence-electron chi connectivity index (χ3n) is 2.98. The van der Waals surface area contributed by atoms with Gasteiger partial charge in [0.15, 0.2) is 0 Å². The molecule has 0 bridgehead atoms. The fourth-order valence-electron chi connectivity index (χ4n) is 1.87. The van der Waals surface area contributed by atoms with Crippen LogP contribution in [-0.4, -0.2) is 16.1 Å². The van der Waals surface area contributed by atoms with Crippen molar-refractivity contribution >= 4 is 40.2 Å². The summed E-state index contributed by atoms with van der Waals surface area (Å²) in [5, 5.41) is 9.74. The Kier molecular flexibility index (Phi) is 3.26. The van der Waals surface area contributed by atoms with E-state index in [9.17, 15) is 4.79 Å². The second-order valence-corrected chi connectivity index (χ2v) is 6.01. The van der Waals surface area contributed by atoms with Crippen LogP contribution in [-0.2, 0) is 0 Å². The molecule has 1 heterocycles. The van der Waals surface area contributed by atoms with Gasteiger partial charge >= 0.3 is 5.97 Å². The van der Waals surface area contributed by atoms with Crippen molar-refractivity contribution in [3.8, 4) is 11.5 Å². The van der Waals surface area contributed by atoms with E-state index in [4.69, 9.17) is 21.1 Å². The molecule has 6 heteroatoms. The summed E-state index contributed by atoms with van der Waals surface area (Å²) in [7, 11) is 0. The smallest absolute Gasteiger partial charge is 0.373 e. The molecule has 1 saturated carbocycles. The van der Waals surface area contributed by atoms with Crippen LogP contribution < -0.4 is 0 Å². The first kappa shape index (κ1) is 12.9. The lowest BCUT2D eigenvalue weighted by Gasteiger charge is -1.98. The van der Waals surface area contributed by atoms with Gasteiger partial charge in [0, 0.05) is 15.1 Å². The van der Waals surface area contributed by atoms with Gasteiger partial charge in [-0.25, -0.2) is 9.78 Å². The zero-order valence-corrected chi connectivity index (χ0v) is 12.6. The Labute approximate surface area is 127 Å². The van der Waals surface area contributed by atoms with Gasteiger partial charge in [-0.1, -0.05) is 11.6 Å². The molecule has 19 heavy (non-hydrogen) atoms. The SMILES string of the molecule is O=C(O)c1oc(-c2ccc(I)c(Cl)c2)nc1C1CC1. The predicted octanol–water partition coefficient (Wildman–Crippen LogP) is 4.18. The Hall–Kier alpha value is -1.08. The summed E-state index contributed by atoms with van der Waals surface area (Å²) < 4.78 is 6.31. The summed E-state index contributed by atoms with van der Waals surface area (Å²) in [5.74, 6) is -0.579. The molecule has 0 unspecified atom stereocenters. The highest BCUT2D eigenvalue weighted by molar-refractivity contribution is 14.1. The number of halogens is 2. The maximum atomic E-state index is 11.2. The number of aromatic carboxylic acids is 1. The van der Waals surface area contributed by atoms with Gasteiger partial charge in [-0.2, -0.15) is 0 Å². The van der Waals surface area contributed by atoms with Crippen molar-refractivity contribution in [2.45, 2.75) is 18.8 Å². The second kappa shape index (κ2) is 4.79. The third kappa shape index (κ3) is 2.49. The Morgan fingerprint density at radius 1 is 1.47 bits per heavy atom. The molecular weight excluding hydrogens is 381 g/mol. The van der Waals surface area contributed by atoms with Crippen molar-refractivity contribution < 1.29 is 14.3 Å². The fraction of sp³-hybridized carbons (Fsp3) is 0.231. The molecule has 98 valence electrons. The monoisotopic (exact) mass is 389 g/mol. The van der Waals surface area contributed by atoms with Crippen LogP contribution in [0.2, 0.25) is 5.02 Å². The number of benzene rings is 1. The molecule has 0 atom stereocenters. The van der Waals surface area contributed by atoms with Crippen molar-refractivity contribution in [2.24, 2.45) is 0 Å². The van der Waals surface area contributed by atoms with E-state index in [2.05, 4.69) is 27.6 Å². The van der Waals surface area contributed by atoms with E-state index in [1.54, 1.807) is 6.07 Å². The predicted molar refractivity (Wildman–Crippen MR) is 78.6 cm³/mol. The number of oxazole rings is 1. The van der Waals surface area contributed by atoms with E-state index in [1.165, 1.54) is 0 Å². The van der Waals surface area contributed by atoms with Crippen LogP contribution >= 0.6 is 34.2 Å². The number of nitrogens with zero attached hydrogens (tertiary/aromatic N) is 1. The van der Waals surface area contributed by atoms with Crippen LogP contribution in [0.15, 0.2) is 22.6 Å². The second-order valence-electron chi connectivity index (χ2n) is 4.44. The molecule has 0 radical (unpaired) electrons. The molecule has 0 spiro atoms. The molecule has 0 saturated heterocycles. The van der Waals surface area contributed by atoms with Crippen molar-refractivity contribution in [3.05, 3.63) is 38.2 Å². The van der Waals surface area contributed by atoms with Crippen LogP contribution in [0.4, 0.5) is 0 Å². The lowest BCUT2D eigenvalue weighted by Crippen LogP contribution is -1.98. The molecule has 4 nitrogen and oxygen atoms in total. The summed E-state index contributed by atoms with van der Waals surface area (Å²) in [6.45, 7) is 0. The number of aromatic nitrogens is 1. The van der Waals surface area contributed by atoms with Crippen molar-refractivity contribution in [2.75, 3.05) is 0 Å². The first-order valence-corrected chi connectivity index (χ1v) is 7.21. The van der Waals surface area contributed by atoms with E-state index < -0.39 is 5.97 Å². The molecule has 2 aromatic rings. The number of hydrogen-bond donors (Lipinski definition) is 1. The largest absolute Gasteiger partial charge is 0.475 e. The molecule has 0 amide bonds. The molecule has 1 aliphatic rings. The van der Waals surface area contributed by atoms with Gasteiger partial charge < -0.3 is 9.52 Å². The van der Waals surface area contributed by atoms with Crippen molar-refractivity contribution in [1.29, 1.82) is 0 Å². The first-order valence-electron chi connectivity index (χ1n) is 5.75. The number of carboxylic acid groups (broad SMARTS) is 1. The van der Waals surface area contributed by atoms with E-state index in [0.717, 1.165) is 16.4 Å². The normalized spacial score (nSPS) is 14.6. The van der Waals surface area contributed by atoms with Crippen molar-refractivity contribution in [1.82, 2.24) is 4.98 Å². The number of hydrogen-bond acceptors (Lipinski definition) is 3. The van der Waals surface area contributed by atoms with E-state index in [0.29, 0.717) is 22.2 Å². The van der Waals surface area contributed by atoms with Gasteiger partial charge in [-0.15, -0.1) is 0 Å². The summed E-state index contributed by atoms with van der Waals surface area (Å²) in [4.78, 5) is 15.5. The molecule has 1 aliphatic carbocycles. The van der Waals surface area contributed by atoms with Gasteiger partial charge in [0.2, 0.25) is 11.7 Å². The Morgan fingerprint density at radius 2 is 2.21 bits per heavy atom. The average molecular weight is 390 g/mol. The number of carbonyl (C=O) groups is 1. The molecule has 1 fully saturated rings. The Bertz CT molecular complexity index is 664. The van der Waals surface area contributed by atoms with Crippen LogP contribution in [0.25, 0.3) is 11.5 Å². The molecule has 3 rings (SSSR count). The maximum absolute atomic E-state index is 11.2. The topological polar surface area (TPSA) is 63.3 Å². The van der Waals surface area contributed by atoms with E-state index in [-0.39, 0.29) is 11.7 Å². The molecule has 1 aromatic heterocycles. The zero-order valence-electron chi connectivity index (χ0n) is 9.69. The quantitative estimate of drug-likeness (QED) is 0.800. The molecule has 1 N–H and O–H groups in total. The van der Waals surface area contributed by atoms with E-state index in [1.807, 2.05) is 12.1 Å². The van der Waals surface area contributed by atoms with E-state index >= 15 is 0 Å². The van der Waals surface area contributed by atoms with Crippen LogP contribution in [0.3, 0.4) is 0 Å². The minimum absolute atomic E-state index is 0.0489. The highest BCUT2D eigenvalue weighted by Crippen LogP contribution is 2.42. The number of rotatable bonds is 3. The van der Waals surface area contributed by atoms with Crippen molar-refractivity contribution in [3.63, 3.8) is 0 Å². The van der Waals surface area contributed by atoms with Gasteiger partial charge in [0.1, 0.15) is 0 Å².